The third-order valence-electron chi connectivity index (χ3n) is 3.26. The van der Waals surface area contributed by atoms with Crippen LogP contribution in [0.25, 0.3) is 0 Å². The molecule has 2 heterocycles. The van der Waals surface area contributed by atoms with Crippen molar-refractivity contribution in [3.63, 3.8) is 0 Å². The summed E-state index contributed by atoms with van der Waals surface area (Å²) >= 11 is 1.98. The average molecular weight is 223 g/mol. The minimum absolute atomic E-state index is 0.314. The molecule has 1 aliphatic heterocycles. The van der Waals surface area contributed by atoms with E-state index in [2.05, 4.69) is 11.4 Å². The molecule has 15 heavy (non-hydrogen) atoms. The van der Waals surface area contributed by atoms with Crippen LogP contribution in [0.1, 0.15) is 34.3 Å². The van der Waals surface area contributed by atoms with E-state index < -0.39 is 0 Å². The fraction of sp³-hybridized carbons (Fsp3) is 0.667. The predicted molar refractivity (Wildman–Crippen MR) is 62.5 cm³/mol. The van der Waals surface area contributed by atoms with Crippen LogP contribution in [0.2, 0.25) is 0 Å². The van der Waals surface area contributed by atoms with Gasteiger partial charge in [0.05, 0.1) is 6.61 Å². The molecule has 0 aromatic carbocycles. The Balaban J connectivity index is 1.82. The number of aryl methyl sites for hydroxylation is 2. The minimum Gasteiger partial charge on any atom is -0.370 e. The Morgan fingerprint density at radius 1 is 1.33 bits per heavy atom. The second-order valence-electron chi connectivity index (χ2n) is 4.37. The van der Waals surface area contributed by atoms with Crippen LogP contribution in [-0.2, 0) is 17.6 Å². The Morgan fingerprint density at radius 3 is 3.07 bits per heavy atom. The Bertz CT molecular complexity index is 318. The molecule has 2 aliphatic rings. The molecule has 3 rings (SSSR count). The lowest BCUT2D eigenvalue weighted by molar-refractivity contribution is 0.0299. The van der Waals surface area contributed by atoms with Crippen molar-refractivity contribution in [2.24, 2.45) is 0 Å². The fourth-order valence-electron chi connectivity index (χ4n) is 2.42. The van der Waals surface area contributed by atoms with Crippen LogP contribution < -0.4 is 5.32 Å². The molecular formula is C12H17NOS. The summed E-state index contributed by atoms with van der Waals surface area (Å²) < 4.78 is 5.79. The molecule has 2 nitrogen and oxygen atoms in total. The lowest BCUT2D eigenvalue weighted by atomic mass is 9.99. The highest BCUT2D eigenvalue weighted by Gasteiger charge is 2.21. The molecule has 3 heteroatoms. The summed E-state index contributed by atoms with van der Waals surface area (Å²) in [6.07, 6.45) is 5.63. The van der Waals surface area contributed by atoms with Gasteiger partial charge in [0.25, 0.3) is 0 Å². The van der Waals surface area contributed by atoms with Gasteiger partial charge in [-0.2, -0.15) is 0 Å². The molecule has 1 unspecified atom stereocenters. The van der Waals surface area contributed by atoms with Crippen LogP contribution in [0, 0.1) is 0 Å². The summed E-state index contributed by atoms with van der Waals surface area (Å²) in [5, 5.41) is 3.40. The Hall–Kier alpha value is -0.380. The summed E-state index contributed by atoms with van der Waals surface area (Å²) in [4.78, 5) is 3.06. The molecule has 1 aromatic heterocycles. The van der Waals surface area contributed by atoms with E-state index in [1.807, 2.05) is 11.3 Å². The zero-order chi connectivity index (χ0) is 10.1. The van der Waals surface area contributed by atoms with Gasteiger partial charge in [0.1, 0.15) is 6.10 Å². The molecule has 1 saturated heterocycles. The lowest BCUT2D eigenvalue weighted by Crippen LogP contribution is -2.32. The van der Waals surface area contributed by atoms with Crippen LogP contribution in [0.4, 0.5) is 0 Å². The zero-order valence-electron chi connectivity index (χ0n) is 8.92. The van der Waals surface area contributed by atoms with Gasteiger partial charge >= 0.3 is 0 Å². The third kappa shape index (κ3) is 1.96. The van der Waals surface area contributed by atoms with E-state index in [0.717, 1.165) is 19.7 Å². The molecule has 1 atom stereocenters. The topological polar surface area (TPSA) is 21.3 Å². The summed E-state index contributed by atoms with van der Waals surface area (Å²) in [5.41, 5.74) is 1.59. The van der Waals surface area contributed by atoms with Gasteiger partial charge in [-0.15, -0.1) is 11.3 Å². The Labute approximate surface area is 94.6 Å². The van der Waals surface area contributed by atoms with Crippen LogP contribution in [0.15, 0.2) is 6.07 Å². The molecule has 0 amide bonds. The molecule has 0 saturated carbocycles. The number of nitrogens with one attached hydrogen (secondary N) is 1. The van der Waals surface area contributed by atoms with Gasteiger partial charge in [-0.3, -0.25) is 0 Å². The first-order valence-electron chi connectivity index (χ1n) is 5.87. The number of rotatable bonds is 1. The van der Waals surface area contributed by atoms with Crippen molar-refractivity contribution in [2.75, 3.05) is 19.7 Å². The quantitative estimate of drug-likeness (QED) is 0.788. The normalized spacial score (nSPS) is 26.3. The van der Waals surface area contributed by atoms with Crippen molar-refractivity contribution in [2.45, 2.75) is 31.8 Å². The van der Waals surface area contributed by atoms with E-state index in [1.165, 1.54) is 30.6 Å². The molecular weight excluding hydrogens is 206 g/mol. The summed E-state index contributed by atoms with van der Waals surface area (Å²) in [6, 6.07) is 2.39. The zero-order valence-corrected chi connectivity index (χ0v) is 9.74. The number of fused-ring (bicyclic) bond motifs is 1. The first-order valence-corrected chi connectivity index (χ1v) is 6.69. The molecule has 1 N–H and O–H groups in total. The molecule has 0 bridgehead atoms. The van der Waals surface area contributed by atoms with Crippen molar-refractivity contribution in [1.29, 1.82) is 0 Å². The molecule has 1 aliphatic carbocycles. The van der Waals surface area contributed by atoms with Crippen molar-refractivity contribution in [3.05, 3.63) is 21.4 Å². The van der Waals surface area contributed by atoms with Gasteiger partial charge in [0, 0.05) is 22.8 Å². The highest BCUT2D eigenvalue weighted by molar-refractivity contribution is 7.12. The van der Waals surface area contributed by atoms with Crippen LogP contribution >= 0.6 is 11.3 Å². The van der Waals surface area contributed by atoms with E-state index in [4.69, 9.17) is 4.74 Å². The van der Waals surface area contributed by atoms with Gasteiger partial charge < -0.3 is 10.1 Å². The Kier molecular flexibility index (Phi) is 2.77. The highest BCUT2D eigenvalue weighted by Crippen LogP contribution is 2.34. The Morgan fingerprint density at radius 2 is 2.27 bits per heavy atom. The van der Waals surface area contributed by atoms with Gasteiger partial charge in [0.2, 0.25) is 0 Å². The van der Waals surface area contributed by atoms with Crippen molar-refractivity contribution >= 4 is 11.3 Å². The van der Waals surface area contributed by atoms with Crippen LogP contribution in [0.5, 0.6) is 0 Å². The van der Waals surface area contributed by atoms with Gasteiger partial charge in [-0.1, -0.05) is 0 Å². The summed E-state index contributed by atoms with van der Waals surface area (Å²) in [6.45, 7) is 2.84. The standard InChI is InChI=1S/C12H17NOS/c1-2-4-11-9(3-1)7-12(15-11)10-8-13-5-6-14-10/h7,10,13H,1-6,8H2. The molecule has 82 valence electrons. The van der Waals surface area contributed by atoms with E-state index in [0.29, 0.717) is 6.10 Å². The number of hydrogen-bond acceptors (Lipinski definition) is 3. The largest absolute Gasteiger partial charge is 0.370 e. The SMILES string of the molecule is c1c(C2CNCCO2)sc2c1CCCC2. The monoisotopic (exact) mass is 223 g/mol. The maximum Gasteiger partial charge on any atom is 0.104 e. The van der Waals surface area contributed by atoms with E-state index in [9.17, 15) is 0 Å². The predicted octanol–water partition coefficient (Wildman–Crippen LogP) is 2.29. The van der Waals surface area contributed by atoms with Gasteiger partial charge in [-0.05, 0) is 37.3 Å². The lowest BCUT2D eigenvalue weighted by Gasteiger charge is -2.22. The highest BCUT2D eigenvalue weighted by atomic mass is 32.1. The second-order valence-corrected chi connectivity index (χ2v) is 5.54. The van der Waals surface area contributed by atoms with E-state index in [-0.39, 0.29) is 0 Å². The number of hydrogen-bond donors (Lipinski definition) is 1. The minimum atomic E-state index is 0.314. The summed E-state index contributed by atoms with van der Waals surface area (Å²) in [5.74, 6) is 0. The molecule has 1 fully saturated rings. The summed E-state index contributed by atoms with van der Waals surface area (Å²) in [7, 11) is 0. The fourth-order valence-corrected chi connectivity index (χ4v) is 3.73. The van der Waals surface area contributed by atoms with Crippen molar-refractivity contribution in [1.82, 2.24) is 5.32 Å². The first kappa shape index (κ1) is 9.82. The first-order chi connectivity index (χ1) is 7.43. The molecule has 0 radical (unpaired) electrons. The third-order valence-corrected chi connectivity index (χ3v) is 4.59. The molecule has 1 aromatic rings. The van der Waals surface area contributed by atoms with Crippen molar-refractivity contribution < 1.29 is 4.74 Å². The van der Waals surface area contributed by atoms with Crippen molar-refractivity contribution in [3.8, 4) is 0 Å². The van der Waals surface area contributed by atoms with E-state index in [1.54, 1.807) is 10.4 Å². The second kappa shape index (κ2) is 4.24. The number of ether oxygens (including phenoxy) is 1. The van der Waals surface area contributed by atoms with Gasteiger partial charge in [0.15, 0.2) is 0 Å². The maximum absolute atomic E-state index is 5.79. The van der Waals surface area contributed by atoms with Crippen LogP contribution in [-0.4, -0.2) is 19.7 Å². The average Bonchev–Trinajstić information content (AvgIpc) is 2.74. The van der Waals surface area contributed by atoms with E-state index >= 15 is 0 Å². The van der Waals surface area contributed by atoms with Gasteiger partial charge in [-0.25, -0.2) is 0 Å². The molecule has 0 spiro atoms. The maximum atomic E-state index is 5.79. The smallest absolute Gasteiger partial charge is 0.104 e. The van der Waals surface area contributed by atoms with Crippen LogP contribution in [0.3, 0.4) is 0 Å². The number of morpholine rings is 1. The number of thiophene rings is 1.